The summed E-state index contributed by atoms with van der Waals surface area (Å²) < 4.78 is 11.1. The van der Waals surface area contributed by atoms with Gasteiger partial charge in [-0.05, 0) is 43.9 Å². The summed E-state index contributed by atoms with van der Waals surface area (Å²) in [5.74, 6) is 1.54. The third kappa shape index (κ3) is 1.75. The van der Waals surface area contributed by atoms with Crippen LogP contribution in [-0.2, 0) is 10.3 Å². The van der Waals surface area contributed by atoms with Gasteiger partial charge in [0.15, 0.2) is 11.5 Å². The molecule has 0 atom stereocenters. The van der Waals surface area contributed by atoms with Crippen molar-refractivity contribution in [3.63, 3.8) is 0 Å². The van der Waals surface area contributed by atoms with Crippen molar-refractivity contribution >= 4 is 6.08 Å². The van der Waals surface area contributed by atoms with Gasteiger partial charge in [0, 0.05) is 5.56 Å². The van der Waals surface area contributed by atoms with Gasteiger partial charge in [0.2, 0.25) is 12.9 Å². The fourth-order valence-corrected chi connectivity index (χ4v) is 3.29. The van der Waals surface area contributed by atoms with Crippen molar-refractivity contribution in [1.29, 1.82) is 0 Å². The number of carbonyl (C=O) groups excluding carboxylic acids is 1. The molecule has 4 heteroatoms. The second-order valence-corrected chi connectivity index (χ2v) is 5.37. The summed E-state index contributed by atoms with van der Waals surface area (Å²) in [5, 5.41) is 0. The first-order valence-electron chi connectivity index (χ1n) is 6.67. The number of nitrogens with zero attached hydrogens (tertiary/aromatic N) is 1. The Morgan fingerprint density at radius 3 is 2.68 bits per heavy atom. The van der Waals surface area contributed by atoms with Gasteiger partial charge in [-0.25, -0.2) is 4.79 Å². The molecule has 1 heterocycles. The molecule has 0 aromatic heterocycles. The molecule has 1 fully saturated rings. The highest BCUT2D eigenvalue weighted by atomic mass is 16.7. The maximum Gasteiger partial charge on any atom is 0.235 e. The quantitative estimate of drug-likeness (QED) is 0.605. The third-order valence-corrected chi connectivity index (χ3v) is 4.34. The molecule has 3 rings (SSSR count). The van der Waals surface area contributed by atoms with Crippen molar-refractivity contribution in [2.24, 2.45) is 4.99 Å². The maximum absolute atomic E-state index is 10.9. The van der Waals surface area contributed by atoms with Gasteiger partial charge >= 0.3 is 0 Å². The minimum absolute atomic E-state index is 0.242. The zero-order chi connectivity index (χ0) is 13.5. The lowest BCUT2D eigenvalue weighted by molar-refractivity contribution is 0.172. The lowest BCUT2D eigenvalue weighted by atomic mass is 9.83. The fraction of sp³-hybridized carbons (Fsp3) is 0.533. The topological polar surface area (TPSA) is 47.9 Å². The van der Waals surface area contributed by atoms with Crippen LogP contribution in [0.15, 0.2) is 11.1 Å². The van der Waals surface area contributed by atoms with E-state index in [4.69, 9.17) is 9.47 Å². The second-order valence-electron chi connectivity index (χ2n) is 5.37. The molecule has 0 spiro atoms. The zero-order valence-electron chi connectivity index (χ0n) is 11.3. The third-order valence-electron chi connectivity index (χ3n) is 4.34. The normalized spacial score (nSPS) is 19.3. The predicted molar refractivity (Wildman–Crippen MR) is 70.3 cm³/mol. The molecule has 0 unspecified atom stereocenters. The molecule has 4 nitrogen and oxygen atoms in total. The molecule has 0 N–H and O–H groups in total. The van der Waals surface area contributed by atoms with Crippen LogP contribution in [0.2, 0.25) is 0 Å². The first-order chi connectivity index (χ1) is 9.18. The summed E-state index contributed by atoms with van der Waals surface area (Å²) in [6, 6.07) is 1.99. The molecule has 1 aromatic carbocycles. The number of aryl methyl sites for hydroxylation is 1. The van der Waals surface area contributed by atoms with Crippen LogP contribution >= 0.6 is 0 Å². The Morgan fingerprint density at radius 1 is 1.26 bits per heavy atom. The molecular formula is C15H17NO3. The monoisotopic (exact) mass is 259 g/mol. The zero-order valence-corrected chi connectivity index (χ0v) is 11.3. The summed E-state index contributed by atoms with van der Waals surface area (Å²) in [7, 11) is 0. The van der Waals surface area contributed by atoms with E-state index >= 15 is 0 Å². The first-order valence-corrected chi connectivity index (χ1v) is 6.67. The van der Waals surface area contributed by atoms with Crippen LogP contribution in [0.5, 0.6) is 11.5 Å². The van der Waals surface area contributed by atoms with Gasteiger partial charge in [0.1, 0.15) is 5.54 Å². The summed E-state index contributed by atoms with van der Waals surface area (Å²) >= 11 is 0. The Balaban J connectivity index is 2.26. The molecule has 0 amide bonds. The van der Waals surface area contributed by atoms with E-state index in [0.717, 1.165) is 53.9 Å². The van der Waals surface area contributed by atoms with Crippen LogP contribution in [0.1, 0.15) is 42.4 Å². The fourth-order valence-electron chi connectivity index (χ4n) is 3.29. The van der Waals surface area contributed by atoms with Crippen LogP contribution in [0.4, 0.5) is 0 Å². The second kappa shape index (κ2) is 4.39. The number of ether oxygens (including phenoxy) is 2. The predicted octanol–water partition coefficient (Wildman–Crippen LogP) is 3.14. The highest BCUT2D eigenvalue weighted by Gasteiger charge is 2.41. The molecule has 0 bridgehead atoms. The Bertz CT molecular complexity index is 567. The minimum Gasteiger partial charge on any atom is -0.454 e. The molecule has 0 radical (unpaired) electrons. The summed E-state index contributed by atoms with van der Waals surface area (Å²) in [6.07, 6.45) is 5.68. The van der Waals surface area contributed by atoms with E-state index in [9.17, 15) is 4.79 Å². The summed E-state index contributed by atoms with van der Waals surface area (Å²) in [4.78, 5) is 15.0. The van der Waals surface area contributed by atoms with Crippen LogP contribution in [0, 0.1) is 13.8 Å². The van der Waals surface area contributed by atoms with Crippen molar-refractivity contribution in [3.8, 4) is 11.5 Å². The van der Waals surface area contributed by atoms with E-state index in [1.165, 1.54) is 0 Å². The van der Waals surface area contributed by atoms with Gasteiger partial charge in [-0.15, -0.1) is 0 Å². The lowest BCUT2D eigenvalue weighted by Crippen LogP contribution is -2.21. The van der Waals surface area contributed by atoms with E-state index in [0.29, 0.717) is 0 Å². The van der Waals surface area contributed by atoms with Gasteiger partial charge < -0.3 is 9.47 Å². The highest BCUT2D eigenvalue weighted by molar-refractivity contribution is 5.59. The molecular weight excluding hydrogens is 242 g/mol. The molecule has 0 saturated heterocycles. The van der Waals surface area contributed by atoms with Crippen LogP contribution < -0.4 is 9.47 Å². The average Bonchev–Trinajstić information content (AvgIpc) is 3.01. The Hall–Kier alpha value is -1.80. The van der Waals surface area contributed by atoms with Crippen molar-refractivity contribution in [2.75, 3.05) is 6.79 Å². The van der Waals surface area contributed by atoms with Gasteiger partial charge in [-0.1, -0.05) is 12.8 Å². The number of hydrogen-bond acceptors (Lipinski definition) is 4. The van der Waals surface area contributed by atoms with Gasteiger partial charge in [-0.2, -0.15) is 4.99 Å². The largest absolute Gasteiger partial charge is 0.454 e. The number of hydrogen-bond donors (Lipinski definition) is 0. The Labute approximate surface area is 112 Å². The lowest BCUT2D eigenvalue weighted by Gasteiger charge is -2.27. The van der Waals surface area contributed by atoms with Crippen LogP contribution in [0.25, 0.3) is 0 Å². The van der Waals surface area contributed by atoms with E-state index in [1.54, 1.807) is 6.08 Å². The molecule has 1 aromatic rings. The molecule has 19 heavy (non-hydrogen) atoms. The van der Waals surface area contributed by atoms with Crippen LogP contribution in [0.3, 0.4) is 0 Å². The molecule has 1 aliphatic heterocycles. The molecule has 100 valence electrons. The van der Waals surface area contributed by atoms with E-state index < -0.39 is 5.54 Å². The average molecular weight is 259 g/mol. The van der Waals surface area contributed by atoms with Gasteiger partial charge in [-0.3, -0.25) is 0 Å². The minimum atomic E-state index is -0.463. The standard InChI is InChI=1S/C15H17NO3/c1-10-7-12-14(19-9-18-12)13(11(10)2)15(16-8-17)5-3-4-6-15/h7H,3-6,9H2,1-2H3. The smallest absolute Gasteiger partial charge is 0.235 e. The van der Waals surface area contributed by atoms with Crippen molar-refractivity contribution in [3.05, 3.63) is 22.8 Å². The Kier molecular flexibility index (Phi) is 2.83. The summed E-state index contributed by atoms with van der Waals surface area (Å²) in [5.41, 5.74) is 2.85. The van der Waals surface area contributed by atoms with Gasteiger partial charge in [0.25, 0.3) is 0 Å². The number of aliphatic imine (C=N–C) groups is 1. The summed E-state index contributed by atoms with van der Waals surface area (Å²) in [6.45, 7) is 4.35. The van der Waals surface area contributed by atoms with Crippen molar-refractivity contribution < 1.29 is 14.3 Å². The van der Waals surface area contributed by atoms with E-state index in [-0.39, 0.29) is 6.79 Å². The van der Waals surface area contributed by atoms with Crippen molar-refractivity contribution in [1.82, 2.24) is 0 Å². The first kappa shape index (κ1) is 12.2. The van der Waals surface area contributed by atoms with E-state index in [1.807, 2.05) is 13.0 Å². The number of isocyanates is 1. The van der Waals surface area contributed by atoms with Crippen molar-refractivity contribution in [2.45, 2.75) is 45.1 Å². The number of benzene rings is 1. The molecule has 2 aliphatic rings. The Morgan fingerprint density at radius 2 is 2.00 bits per heavy atom. The SMILES string of the molecule is Cc1cc2c(c(C3(N=C=O)CCCC3)c1C)OCO2. The highest BCUT2D eigenvalue weighted by Crippen LogP contribution is 2.51. The maximum atomic E-state index is 10.9. The number of fused-ring (bicyclic) bond motifs is 1. The van der Waals surface area contributed by atoms with Gasteiger partial charge in [0.05, 0.1) is 0 Å². The molecule has 1 aliphatic carbocycles. The van der Waals surface area contributed by atoms with E-state index in [2.05, 4.69) is 11.9 Å². The van der Waals surface area contributed by atoms with Crippen LogP contribution in [-0.4, -0.2) is 12.9 Å². The number of rotatable bonds is 2. The molecule has 1 saturated carbocycles.